The summed E-state index contributed by atoms with van der Waals surface area (Å²) < 4.78 is 13.4. The van der Waals surface area contributed by atoms with Crippen LogP contribution in [0.15, 0.2) is 53.7 Å². The summed E-state index contributed by atoms with van der Waals surface area (Å²) in [6, 6.07) is 16.4. The second-order valence-electron chi connectivity index (χ2n) is 6.22. The van der Waals surface area contributed by atoms with E-state index in [0.717, 1.165) is 46.4 Å². The number of rotatable bonds is 5. The molecule has 0 unspecified atom stereocenters. The zero-order chi connectivity index (χ0) is 17.1. The Balaban J connectivity index is 1.67. The molecule has 2 heterocycles. The van der Waals surface area contributed by atoms with Gasteiger partial charge in [0.1, 0.15) is 5.75 Å². The van der Waals surface area contributed by atoms with Crippen LogP contribution in [-0.4, -0.2) is 35.1 Å². The Labute approximate surface area is 152 Å². The predicted molar refractivity (Wildman–Crippen MR) is 102 cm³/mol. The Morgan fingerprint density at radius 3 is 2.76 bits per heavy atom. The highest BCUT2D eigenvalue weighted by Crippen LogP contribution is 2.30. The van der Waals surface area contributed by atoms with Crippen molar-refractivity contribution in [1.82, 2.24) is 9.55 Å². The number of methoxy groups -OCH3 is 1. The number of nitrogens with zero attached hydrogens (tertiary/aromatic N) is 2. The molecular weight excluding hydrogens is 332 g/mol. The predicted octanol–water partition coefficient (Wildman–Crippen LogP) is 4.70. The maximum atomic E-state index is 5.88. The fraction of sp³-hybridized carbons (Fsp3) is 0.350. The quantitative estimate of drug-likeness (QED) is 0.623. The number of ether oxygens (including phenoxy) is 2. The zero-order valence-corrected chi connectivity index (χ0v) is 15.2. The molecule has 1 fully saturated rings. The van der Waals surface area contributed by atoms with Crippen molar-refractivity contribution in [3.05, 3.63) is 48.5 Å². The molecule has 0 amide bonds. The van der Waals surface area contributed by atoms with E-state index in [2.05, 4.69) is 34.9 Å². The van der Waals surface area contributed by atoms with E-state index in [1.807, 2.05) is 18.2 Å². The largest absolute Gasteiger partial charge is 0.497 e. The molecule has 1 atom stereocenters. The van der Waals surface area contributed by atoms with Gasteiger partial charge >= 0.3 is 0 Å². The lowest BCUT2D eigenvalue weighted by Gasteiger charge is -2.22. The minimum atomic E-state index is 0.336. The zero-order valence-electron chi connectivity index (χ0n) is 14.4. The van der Waals surface area contributed by atoms with Crippen molar-refractivity contribution in [1.29, 1.82) is 0 Å². The van der Waals surface area contributed by atoms with Gasteiger partial charge in [-0.05, 0) is 55.7 Å². The summed E-state index contributed by atoms with van der Waals surface area (Å²) in [6.07, 6.45) is 3.93. The van der Waals surface area contributed by atoms with Gasteiger partial charge in [0.2, 0.25) is 0 Å². The number of hydrogen-bond acceptors (Lipinski definition) is 4. The molecule has 4 nitrogen and oxygen atoms in total. The first-order valence-corrected chi connectivity index (χ1v) is 9.70. The lowest BCUT2D eigenvalue weighted by Crippen LogP contribution is -2.21. The Morgan fingerprint density at radius 2 is 2.00 bits per heavy atom. The normalized spacial score (nSPS) is 17.7. The van der Waals surface area contributed by atoms with Gasteiger partial charge < -0.3 is 9.47 Å². The van der Waals surface area contributed by atoms with E-state index in [0.29, 0.717) is 6.10 Å². The molecule has 4 rings (SSSR count). The van der Waals surface area contributed by atoms with Crippen LogP contribution in [0.1, 0.15) is 19.3 Å². The molecule has 25 heavy (non-hydrogen) atoms. The third-order valence-corrected chi connectivity index (χ3v) is 5.60. The molecule has 3 aromatic rings. The van der Waals surface area contributed by atoms with Crippen LogP contribution in [0.5, 0.6) is 5.75 Å². The lowest BCUT2D eigenvalue weighted by atomic mass is 10.1. The van der Waals surface area contributed by atoms with E-state index in [1.165, 1.54) is 12.8 Å². The summed E-state index contributed by atoms with van der Waals surface area (Å²) in [5.41, 5.74) is 3.24. The molecule has 0 radical (unpaired) electrons. The number of fused-ring (bicyclic) bond motifs is 1. The number of hydrogen-bond donors (Lipinski definition) is 0. The molecule has 0 saturated carbocycles. The first-order valence-electron chi connectivity index (χ1n) is 8.71. The van der Waals surface area contributed by atoms with Gasteiger partial charge in [0.25, 0.3) is 0 Å². The van der Waals surface area contributed by atoms with Gasteiger partial charge in [-0.1, -0.05) is 23.9 Å². The highest BCUT2D eigenvalue weighted by atomic mass is 32.2. The molecule has 1 aliphatic rings. The molecule has 2 aromatic carbocycles. The van der Waals surface area contributed by atoms with Crippen molar-refractivity contribution in [2.24, 2.45) is 0 Å². The van der Waals surface area contributed by atoms with E-state index in [1.54, 1.807) is 18.9 Å². The fourth-order valence-electron chi connectivity index (χ4n) is 3.19. The van der Waals surface area contributed by atoms with Crippen LogP contribution in [0.3, 0.4) is 0 Å². The molecular formula is C20H22N2O2S. The number of imidazole rings is 1. The van der Waals surface area contributed by atoms with Crippen molar-refractivity contribution in [3.8, 4) is 11.4 Å². The summed E-state index contributed by atoms with van der Waals surface area (Å²) in [5.74, 6) is 1.80. The maximum absolute atomic E-state index is 5.88. The van der Waals surface area contributed by atoms with Crippen molar-refractivity contribution in [2.75, 3.05) is 19.5 Å². The van der Waals surface area contributed by atoms with Gasteiger partial charge in [0.05, 0.1) is 24.2 Å². The highest BCUT2D eigenvalue weighted by Gasteiger charge is 2.18. The van der Waals surface area contributed by atoms with Crippen LogP contribution >= 0.6 is 11.8 Å². The minimum Gasteiger partial charge on any atom is -0.497 e. The van der Waals surface area contributed by atoms with Gasteiger partial charge in [0.15, 0.2) is 5.16 Å². The number of aromatic nitrogens is 2. The number of para-hydroxylation sites is 2. The molecule has 1 aliphatic heterocycles. The summed E-state index contributed by atoms with van der Waals surface area (Å²) in [7, 11) is 1.69. The maximum Gasteiger partial charge on any atom is 0.173 e. The average Bonchev–Trinajstić information content (AvgIpc) is 3.05. The molecule has 0 bridgehead atoms. The summed E-state index contributed by atoms with van der Waals surface area (Å²) in [4.78, 5) is 4.86. The average molecular weight is 354 g/mol. The van der Waals surface area contributed by atoms with Crippen LogP contribution in [0, 0.1) is 0 Å². The summed E-state index contributed by atoms with van der Waals surface area (Å²) in [6.45, 7) is 0.889. The van der Waals surface area contributed by atoms with E-state index in [4.69, 9.17) is 14.5 Å². The van der Waals surface area contributed by atoms with E-state index < -0.39 is 0 Å². The Hall–Kier alpha value is -1.98. The topological polar surface area (TPSA) is 36.3 Å². The molecule has 130 valence electrons. The van der Waals surface area contributed by atoms with Crippen molar-refractivity contribution < 1.29 is 9.47 Å². The van der Waals surface area contributed by atoms with Gasteiger partial charge in [-0.3, -0.25) is 4.57 Å². The first kappa shape index (κ1) is 16.5. The highest BCUT2D eigenvalue weighted by molar-refractivity contribution is 7.99. The molecule has 0 N–H and O–H groups in total. The molecule has 0 spiro atoms. The van der Waals surface area contributed by atoms with E-state index in [9.17, 15) is 0 Å². The number of thioether (sulfide) groups is 1. The summed E-state index contributed by atoms with van der Waals surface area (Å²) >= 11 is 1.78. The number of benzene rings is 2. The molecule has 0 aliphatic carbocycles. The molecule has 1 saturated heterocycles. The van der Waals surface area contributed by atoms with Crippen LogP contribution in [0.25, 0.3) is 16.7 Å². The van der Waals surface area contributed by atoms with Gasteiger partial charge in [0, 0.05) is 18.0 Å². The Morgan fingerprint density at radius 1 is 1.16 bits per heavy atom. The smallest absolute Gasteiger partial charge is 0.173 e. The Bertz CT molecular complexity index is 839. The van der Waals surface area contributed by atoms with Gasteiger partial charge in [-0.15, -0.1) is 0 Å². The van der Waals surface area contributed by atoms with Gasteiger partial charge in [-0.25, -0.2) is 4.98 Å². The van der Waals surface area contributed by atoms with Crippen LogP contribution in [0.4, 0.5) is 0 Å². The van der Waals surface area contributed by atoms with Crippen molar-refractivity contribution in [2.45, 2.75) is 30.5 Å². The van der Waals surface area contributed by atoms with E-state index >= 15 is 0 Å². The SMILES string of the molecule is COc1ccc(-n2c(SC[C@H]3CCCCO3)nc3ccccc32)cc1. The minimum absolute atomic E-state index is 0.336. The Kier molecular flexibility index (Phi) is 4.95. The third-order valence-electron chi connectivity index (χ3n) is 4.53. The second-order valence-corrected chi connectivity index (χ2v) is 7.20. The first-order chi connectivity index (χ1) is 12.3. The third kappa shape index (κ3) is 3.53. The van der Waals surface area contributed by atoms with Crippen LogP contribution < -0.4 is 4.74 Å². The summed E-state index contributed by atoms with van der Waals surface area (Å²) in [5, 5.41) is 1.01. The van der Waals surface area contributed by atoms with Crippen molar-refractivity contribution in [3.63, 3.8) is 0 Å². The van der Waals surface area contributed by atoms with Gasteiger partial charge in [-0.2, -0.15) is 0 Å². The van der Waals surface area contributed by atoms with Crippen molar-refractivity contribution >= 4 is 22.8 Å². The standard InChI is InChI=1S/C20H22N2O2S/c1-23-16-11-9-15(10-12-16)22-19-8-3-2-7-18(19)21-20(22)25-14-17-6-4-5-13-24-17/h2-3,7-12,17H,4-6,13-14H2,1H3/t17-/m1/s1. The lowest BCUT2D eigenvalue weighted by molar-refractivity contribution is 0.0315. The fourth-order valence-corrected chi connectivity index (χ4v) is 4.28. The monoisotopic (exact) mass is 354 g/mol. The second kappa shape index (κ2) is 7.50. The van der Waals surface area contributed by atoms with Crippen LogP contribution in [0.2, 0.25) is 0 Å². The molecule has 1 aromatic heterocycles. The molecule has 5 heteroatoms. The van der Waals surface area contributed by atoms with Crippen LogP contribution in [-0.2, 0) is 4.74 Å². The van der Waals surface area contributed by atoms with E-state index in [-0.39, 0.29) is 0 Å².